The number of likely N-dealkylation sites (tertiary alicyclic amines) is 1. The Hall–Kier alpha value is -1.26. The summed E-state index contributed by atoms with van der Waals surface area (Å²) in [6, 6.07) is 0. The van der Waals surface area contributed by atoms with Crippen molar-refractivity contribution in [2.45, 2.75) is 82.1 Å². The maximum absolute atomic E-state index is 13.4. The zero-order valence-electron chi connectivity index (χ0n) is 19.8. The van der Waals surface area contributed by atoms with E-state index in [0.29, 0.717) is 12.3 Å². The highest BCUT2D eigenvalue weighted by atomic mass is 16.5. The lowest BCUT2D eigenvalue weighted by molar-refractivity contribution is -0.965. The number of methoxy groups -OCH3 is 2. The smallest absolute Gasteiger partial charge is 0.234 e. The summed E-state index contributed by atoms with van der Waals surface area (Å²) in [5, 5.41) is 6.56. The van der Waals surface area contributed by atoms with Crippen molar-refractivity contribution in [3.63, 3.8) is 0 Å². The van der Waals surface area contributed by atoms with Crippen LogP contribution in [0.2, 0.25) is 0 Å². The molecule has 5 N–H and O–H groups in total. The van der Waals surface area contributed by atoms with E-state index in [9.17, 15) is 9.59 Å². The van der Waals surface area contributed by atoms with Crippen LogP contribution in [0.1, 0.15) is 51.4 Å². The summed E-state index contributed by atoms with van der Waals surface area (Å²) in [7, 11) is 5.17. The standard InChI is InChI=1S/C23H41N5O4/c1-25-22(29)15-13-16-21(26-19-6-4-5-10-27(19)23(16)30)28(20(15)24)11-9-14-7-8-17(31-2)18(12-14)32-3/h14-21,26H,4-13,24H2,1-3H3,(H,25,29)/p+1. The van der Waals surface area contributed by atoms with Gasteiger partial charge in [-0.15, -0.1) is 0 Å². The first-order valence-corrected chi connectivity index (χ1v) is 12.4. The van der Waals surface area contributed by atoms with Crippen molar-refractivity contribution in [2.75, 3.05) is 34.4 Å². The van der Waals surface area contributed by atoms with E-state index in [4.69, 9.17) is 15.2 Å². The largest absolute Gasteiger partial charge is 0.379 e. The molecule has 0 bridgehead atoms. The van der Waals surface area contributed by atoms with Crippen LogP contribution in [0, 0.1) is 17.8 Å². The molecule has 9 unspecified atom stereocenters. The van der Waals surface area contributed by atoms with Gasteiger partial charge in [-0.25, -0.2) is 5.32 Å². The maximum atomic E-state index is 13.4. The molecule has 3 heterocycles. The molecule has 1 saturated carbocycles. The molecule has 2 amide bonds. The number of quaternary nitrogens is 1. The van der Waals surface area contributed by atoms with Gasteiger partial charge in [0.15, 0.2) is 12.3 Å². The Morgan fingerprint density at radius 1 is 1.19 bits per heavy atom. The van der Waals surface area contributed by atoms with E-state index in [0.717, 1.165) is 62.9 Å². The molecule has 4 fully saturated rings. The van der Waals surface area contributed by atoms with E-state index in [1.54, 1.807) is 21.3 Å². The molecule has 182 valence electrons. The molecular formula is C23H42N5O4+. The van der Waals surface area contributed by atoms with Crippen LogP contribution in [0.5, 0.6) is 0 Å². The summed E-state index contributed by atoms with van der Waals surface area (Å²) in [6.45, 7) is 1.66. The SMILES string of the molecule is CNC(=O)C1CC2C(=O)N3CCCCC3NC2[NH+](CCC2CCC(OC)C(OC)C2)C1N. The Labute approximate surface area is 191 Å². The minimum atomic E-state index is -0.348. The summed E-state index contributed by atoms with van der Waals surface area (Å²) in [4.78, 5) is 29.3. The molecule has 0 radical (unpaired) electrons. The van der Waals surface area contributed by atoms with E-state index in [1.165, 1.54) is 0 Å². The number of nitrogens with zero attached hydrogens (tertiary/aromatic N) is 1. The summed E-state index contributed by atoms with van der Waals surface area (Å²) in [5.41, 5.74) is 6.73. The second-order valence-electron chi connectivity index (χ2n) is 10.1. The first-order chi connectivity index (χ1) is 15.5. The lowest BCUT2D eigenvalue weighted by Crippen LogP contribution is -3.26. The van der Waals surface area contributed by atoms with Gasteiger partial charge in [0.25, 0.3) is 0 Å². The van der Waals surface area contributed by atoms with Crippen molar-refractivity contribution in [3.8, 4) is 0 Å². The maximum Gasteiger partial charge on any atom is 0.234 e. The predicted molar refractivity (Wildman–Crippen MR) is 119 cm³/mol. The lowest BCUT2D eigenvalue weighted by Gasteiger charge is -2.52. The van der Waals surface area contributed by atoms with Gasteiger partial charge in [-0.1, -0.05) is 0 Å². The molecular weight excluding hydrogens is 410 g/mol. The number of carbonyl (C=O) groups excluding carboxylic acids is 2. The van der Waals surface area contributed by atoms with Gasteiger partial charge in [-0.2, -0.15) is 0 Å². The number of amides is 2. The molecule has 0 aromatic rings. The molecule has 0 spiro atoms. The number of nitrogens with two attached hydrogens (primary N) is 1. The second kappa shape index (κ2) is 10.3. The molecule has 1 aliphatic carbocycles. The molecule has 9 heteroatoms. The Bertz CT molecular complexity index is 679. The van der Waals surface area contributed by atoms with E-state index in [1.807, 2.05) is 4.90 Å². The minimum absolute atomic E-state index is 0.0220. The van der Waals surface area contributed by atoms with Crippen molar-refractivity contribution in [3.05, 3.63) is 0 Å². The van der Waals surface area contributed by atoms with Crippen molar-refractivity contribution in [2.24, 2.45) is 23.5 Å². The molecule has 3 saturated heterocycles. The van der Waals surface area contributed by atoms with E-state index in [-0.39, 0.29) is 54.4 Å². The number of piperidine rings is 2. The van der Waals surface area contributed by atoms with Gasteiger partial charge in [0.05, 0.1) is 24.9 Å². The van der Waals surface area contributed by atoms with Gasteiger partial charge >= 0.3 is 0 Å². The first-order valence-electron chi connectivity index (χ1n) is 12.4. The second-order valence-corrected chi connectivity index (χ2v) is 10.1. The zero-order valence-corrected chi connectivity index (χ0v) is 19.8. The van der Waals surface area contributed by atoms with Crippen molar-refractivity contribution in [1.29, 1.82) is 0 Å². The monoisotopic (exact) mass is 452 g/mol. The minimum Gasteiger partial charge on any atom is -0.379 e. The summed E-state index contributed by atoms with van der Waals surface area (Å²) >= 11 is 0. The van der Waals surface area contributed by atoms with Crippen LogP contribution in [0.15, 0.2) is 0 Å². The van der Waals surface area contributed by atoms with Gasteiger partial charge in [0.2, 0.25) is 11.8 Å². The zero-order chi connectivity index (χ0) is 22.8. The Kier molecular flexibility index (Phi) is 7.72. The fraction of sp³-hybridized carbons (Fsp3) is 0.913. The van der Waals surface area contributed by atoms with Crippen molar-refractivity contribution in [1.82, 2.24) is 15.5 Å². The van der Waals surface area contributed by atoms with Gasteiger partial charge in [0.1, 0.15) is 11.8 Å². The molecule has 4 aliphatic rings. The summed E-state index contributed by atoms with van der Waals surface area (Å²) in [6.07, 6.45) is 7.86. The number of ether oxygens (including phenoxy) is 2. The average molecular weight is 453 g/mol. The molecule has 3 aliphatic heterocycles. The summed E-state index contributed by atoms with van der Waals surface area (Å²) in [5.74, 6) is 0.144. The molecule has 0 aromatic heterocycles. The van der Waals surface area contributed by atoms with Gasteiger partial charge in [0, 0.05) is 27.8 Å². The molecule has 9 nitrogen and oxygen atoms in total. The number of nitrogens with one attached hydrogen (secondary N) is 3. The third kappa shape index (κ3) is 4.55. The Morgan fingerprint density at radius 2 is 1.97 bits per heavy atom. The van der Waals surface area contributed by atoms with Crippen molar-refractivity contribution >= 4 is 11.8 Å². The number of hydrogen-bond donors (Lipinski definition) is 4. The molecule has 32 heavy (non-hydrogen) atoms. The first kappa shape index (κ1) is 23.9. The Balaban J connectivity index is 1.49. The van der Waals surface area contributed by atoms with Crippen LogP contribution in [-0.4, -0.2) is 81.8 Å². The van der Waals surface area contributed by atoms with Gasteiger partial charge in [-0.05, 0) is 57.3 Å². The van der Waals surface area contributed by atoms with Crippen LogP contribution < -0.4 is 21.3 Å². The fourth-order valence-corrected chi connectivity index (χ4v) is 6.65. The highest BCUT2D eigenvalue weighted by Crippen LogP contribution is 2.32. The number of fused-ring (bicyclic) bond motifs is 2. The van der Waals surface area contributed by atoms with E-state index in [2.05, 4.69) is 10.6 Å². The van der Waals surface area contributed by atoms with E-state index < -0.39 is 0 Å². The number of rotatable bonds is 6. The van der Waals surface area contributed by atoms with Gasteiger partial charge in [-0.3, -0.25) is 15.3 Å². The quantitative estimate of drug-likeness (QED) is 0.413. The van der Waals surface area contributed by atoms with Crippen LogP contribution in [0.4, 0.5) is 0 Å². The molecule has 0 aromatic carbocycles. The molecule has 9 atom stereocenters. The normalized spacial score (nSPS) is 42.2. The third-order valence-corrected chi connectivity index (χ3v) is 8.52. The Morgan fingerprint density at radius 3 is 2.69 bits per heavy atom. The summed E-state index contributed by atoms with van der Waals surface area (Å²) < 4.78 is 11.3. The average Bonchev–Trinajstić information content (AvgIpc) is 2.82. The van der Waals surface area contributed by atoms with Crippen molar-refractivity contribution < 1.29 is 24.0 Å². The number of carbonyl (C=O) groups is 2. The topological polar surface area (TPSA) is 110 Å². The van der Waals surface area contributed by atoms with Crippen LogP contribution >= 0.6 is 0 Å². The van der Waals surface area contributed by atoms with Crippen LogP contribution in [0.3, 0.4) is 0 Å². The number of hydrogen-bond acceptors (Lipinski definition) is 6. The van der Waals surface area contributed by atoms with Crippen LogP contribution in [0.25, 0.3) is 0 Å². The fourth-order valence-electron chi connectivity index (χ4n) is 6.65. The third-order valence-electron chi connectivity index (χ3n) is 8.52. The highest BCUT2D eigenvalue weighted by molar-refractivity contribution is 5.83. The van der Waals surface area contributed by atoms with Crippen LogP contribution in [-0.2, 0) is 19.1 Å². The molecule has 4 rings (SSSR count). The van der Waals surface area contributed by atoms with E-state index >= 15 is 0 Å². The van der Waals surface area contributed by atoms with Gasteiger partial charge < -0.3 is 24.6 Å². The highest BCUT2D eigenvalue weighted by Gasteiger charge is 2.55. The lowest BCUT2D eigenvalue weighted by atomic mass is 9.79. The predicted octanol–water partition coefficient (Wildman–Crippen LogP) is -0.974.